The average molecular weight is 435 g/mol. The number of carbonyl (C=O) groups is 1. The Labute approximate surface area is 174 Å². The highest BCUT2D eigenvalue weighted by atomic mass is 35.5. The number of thioether (sulfide) groups is 1. The van der Waals surface area contributed by atoms with Crippen molar-refractivity contribution in [2.45, 2.75) is 4.90 Å². The van der Waals surface area contributed by atoms with Crippen LogP contribution in [-0.2, 0) is 4.79 Å². The van der Waals surface area contributed by atoms with Gasteiger partial charge in [0.15, 0.2) is 0 Å². The van der Waals surface area contributed by atoms with E-state index in [1.807, 2.05) is 0 Å². The van der Waals surface area contributed by atoms with Gasteiger partial charge in [-0.15, -0.1) is 0 Å². The van der Waals surface area contributed by atoms with Gasteiger partial charge in [-0.1, -0.05) is 41.0 Å². The second-order valence-corrected chi connectivity index (χ2v) is 7.85. The van der Waals surface area contributed by atoms with Gasteiger partial charge in [-0.25, -0.2) is 9.40 Å². The van der Waals surface area contributed by atoms with Crippen molar-refractivity contribution in [1.82, 2.24) is 10.3 Å². The molecule has 4 rings (SSSR count). The number of hydrogen-bond donors (Lipinski definition) is 2. The van der Waals surface area contributed by atoms with E-state index in [4.69, 9.17) is 28.9 Å². The van der Waals surface area contributed by atoms with Crippen molar-refractivity contribution in [2.24, 2.45) is 5.10 Å². The summed E-state index contributed by atoms with van der Waals surface area (Å²) in [5, 5.41) is 10.3. The first-order valence-electron chi connectivity index (χ1n) is 8.18. The first-order chi connectivity index (χ1) is 13.4. The molecule has 2 heterocycles. The molecule has 2 aliphatic heterocycles. The SMILES string of the molecule is Nc1ccc(F)cc1SC1=NN2CNC(=O)C(c3c(Cl)cccc3Cl)=C2C=C1. The lowest BCUT2D eigenvalue weighted by Crippen LogP contribution is -2.42. The minimum Gasteiger partial charge on any atom is -0.398 e. The Morgan fingerprint density at radius 1 is 1.18 bits per heavy atom. The summed E-state index contributed by atoms with van der Waals surface area (Å²) in [7, 11) is 0. The molecule has 1 amide bonds. The molecule has 0 aliphatic carbocycles. The van der Waals surface area contributed by atoms with Crippen LogP contribution in [0.25, 0.3) is 5.57 Å². The molecule has 0 aromatic heterocycles. The highest BCUT2D eigenvalue weighted by molar-refractivity contribution is 8.14. The molecule has 142 valence electrons. The van der Waals surface area contributed by atoms with Gasteiger partial charge >= 0.3 is 0 Å². The molecule has 5 nitrogen and oxygen atoms in total. The van der Waals surface area contributed by atoms with Gasteiger partial charge in [0, 0.05) is 16.1 Å². The molecule has 0 spiro atoms. The summed E-state index contributed by atoms with van der Waals surface area (Å²) in [4.78, 5) is 13.1. The summed E-state index contributed by atoms with van der Waals surface area (Å²) in [5.41, 5.74) is 7.74. The fourth-order valence-corrected chi connectivity index (χ4v) is 4.31. The standard InChI is InChI=1S/C19H13Cl2FN4OS/c20-11-2-1-3-12(21)17(11)18-14-6-7-16(25-26(14)9-24-19(18)27)28-15-8-10(22)4-5-13(15)23/h1-8H,9,23H2,(H,24,27). The largest absolute Gasteiger partial charge is 0.398 e. The number of carbonyl (C=O) groups excluding carboxylic acids is 1. The minimum atomic E-state index is -0.376. The molecular weight excluding hydrogens is 422 g/mol. The Morgan fingerprint density at radius 3 is 2.68 bits per heavy atom. The number of fused-ring (bicyclic) bond motifs is 1. The van der Waals surface area contributed by atoms with Gasteiger partial charge in [0.2, 0.25) is 0 Å². The van der Waals surface area contributed by atoms with Crippen LogP contribution in [0.3, 0.4) is 0 Å². The van der Waals surface area contributed by atoms with E-state index in [-0.39, 0.29) is 18.4 Å². The quantitative estimate of drug-likeness (QED) is 0.682. The molecule has 2 aromatic carbocycles. The van der Waals surface area contributed by atoms with Gasteiger partial charge in [0.25, 0.3) is 5.91 Å². The van der Waals surface area contributed by atoms with Gasteiger partial charge in [-0.3, -0.25) is 4.79 Å². The van der Waals surface area contributed by atoms with Crippen LogP contribution in [0.15, 0.2) is 64.2 Å². The number of benzene rings is 2. The maximum absolute atomic E-state index is 13.5. The number of allylic oxidation sites excluding steroid dienone is 1. The molecule has 2 aromatic rings. The van der Waals surface area contributed by atoms with Crippen LogP contribution >= 0.6 is 35.0 Å². The Morgan fingerprint density at radius 2 is 1.93 bits per heavy atom. The molecule has 0 unspecified atom stereocenters. The van der Waals surface area contributed by atoms with Crippen molar-refractivity contribution < 1.29 is 9.18 Å². The van der Waals surface area contributed by atoms with E-state index in [0.29, 0.717) is 42.5 Å². The molecule has 0 saturated heterocycles. The summed E-state index contributed by atoms with van der Waals surface area (Å²) >= 11 is 13.8. The number of amides is 1. The van der Waals surface area contributed by atoms with Crippen molar-refractivity contribution >= 4 is 57.2 Å². The van der Waals surface area contributed by atoms with Crippen LogP contribution in [-0.4, -0.2) is 22.6 Å². The summed E-state index contributed by atoms with van der Waals surface area (Å²) in [6.07, 6.45) is 3.50. The zero-order chi connectivity index (χ0) is 19.8. The Hall–Kier alpha value is -2.48. The summed E-state index contributed by atoms with van der Waals surface area (Å²) < 4.78 is 13.5. The van der Waals surface area contributed by atoms with Crippen LogP contribution < -0.4 is 11.1 Å². The fourth-order valence-electron chi connectivity index (χ4n) is 2.87. The van der Waals surface area contributed by atoms with E-state index in [1.165, 1.54) is 30.0 Å². The lowest BCUT2D eigenvalue weighted by atomic mass is 10.0. The summed E-state index contributed by atoms with van der Waals surface area (Å²) in [6, 6.07) is 9.23. The monoisotopic (exact) mass is 434 g/mol. The number of hydrazone groups is 1. The van der Waals surface area contributed by atoms with Gasteiger partial charge < -0.3 is 11.1 Å². The molecule has 0 atom stereocenters. The molecule has 9 heteroatoms. The highest BCUT2D eigenvalue weighted by Crippen LogP contribution is 2.37. The second kappa shape index (κ2) is 7.50. The molecule has 0 fully saturated rings. The van der Waals surface area contributed by atoms with E-state index in [2.05, 4.69) is 10.4 Å². The second-order valence-electron chi connectivity index (χ2n) is 5.98. The molecule has 3 N–H and O–H groups in total. The van der Waals surface area contributed by atoms with Gasteiger partial charge in [0.1, 0.15) is 17.5 Å². The smallest absolute Gasteiger partial charge is 0.255 e. The topological polar surface area (TPSA) is 70.7 Å². The van der Waals surface area contributed by atoms with Crippen LogP contribution in [0.1, 0.15) is 5.56 Å². The van der Waals surface area contributed by atoms with Gasteiger partial charge in [-0.05, 0) is 42.5 Å². The number of halogens is 3. The zero-order valence-electron chi connectivity index (χ0n) is 14.2. The molecule has 28 heavy (non-hydrogen) atoms. The number of nitrogens with two attached hydrogens (primary N) is 1. The zero-order valence-corrected chi connectivity index (χ0v) is 16.6. The fraction of sp³-hybridized carbons (Fsp3) is 0.0526. The summed E-state index contributed by atoms with van der Waals surface area (Å²) in [6.45, 7) is 0.187. The Bertz CT molecular complexity index is 1060. The van der Waals surface area contributed by atoms with E-state index < -0.39 is 0 Å². The van der Waals surface area contributed by atoms with Gasteiger partial charge in [-0.2, -0.15) is 5.10 Å². The molecule has 2 aliphatic rings. The molecular formula is C19H13Cl2FN4OS. The predicted octanol–water partition coefficient (Wildman–Crippen LogP) is 4.49. The number of anilines is 1. The number of nitrogen functional groups attached to an aromatic ring is 1. The number of nitrogens with zero attached hydrogens (tertiary/aromatic N) is 2. The van der Waals surface area contributed by atoms with Crippen molar-refractivity contribution in [2.75, 3.05) is 12.4 Å². The third kappa shape index (κ3) is 3.48. The van der Waals surface area contributed by atoms with E-state index in [0.717, 1.165) is 0 Å². The number of nitrogens with one attached hydrogen (secondary N) is 1. The van der Waals surface area contributed by atoms with E-state index in [9.17, 15) is 9.18 Å². The number of hydrogen-bond acceptors (Lipinski definition) is 5. The van der Waals surface area contributed by atoms with E-state index >= 15 is 0 Å². The summed E-state index contributed by atoms with van der Waals surface area (Å²) in [5.74, 6) is -0.662. The molecule has 0 saturated carbocycles. The maximum Gasteiger partial charge on any atom is 0.255 e. The van der Waals surface area contributed by atoms with Crippen LogP contribution in [0.4, 0.5) is 10.1 Å². The average Bonchev–Trinajstić information content (AvgIpc) is 2.66. The van der Waals surface area contributed by atoms with Gasteiger partial charge in [0.05, 0.1) is 21.3 Å². The maximum atomic E-state index is 13.5. The normalized spacial score (nSPS) is 16.0. The van der Waals surface area contributed by atoms with Crippen LogP contribution in [0.2, 0.25) is 10.0 Å². The first-order valence-corrected chi connectivity index (χ1v) is 9.75. The lowest BCUT2D eigenvalue weighted by molar-refractivity contribution is -0.116. The van der Waals surface area contributed by atoms with Crippen LogP contribution in [0.5, 0.6) is 0 Å². The van der Waals surface area contributed by atoms with Crippen molar-refractivity contribution in [3.05, 3.63) is 75.7 Å². The Balaban J connectivity index is 1.73. The molecule has 0 bridgehead atoms. The van der Waals surface area contributed by atoms with Crippen molar-refractivity contribution in [1.29, 1.82) is 0 Å². The lowest BCUT2D eigenvalue weighted by Gasteiger charge is -2.31. The first kappa shape index (κ1) is 18.9. The van der Waals surface area contributed by atoms with Crippen LogP contribution in [0, 0.1) is 5.82 Å². The third-order valence-corrected chi connectivity index (χ3v) is 5.79. The minimum absolute atomic E-state index is 0.187. The number of rotatable bonds is 2. The Kier molecular flexibility index (Phi) is 5.05. The van der Waals surface area contributed by atoms with Crippen molar-refractivity contribution in [3.63, 3.8) is 0 Å². The predicted molar refractivity (Wildman–Crippen MR) is 111 cm³/mol. The molecule has 0 radical (unpaired) electrons. The third-order valence-electron chi connectivity index (χ3n) is 4.16. The van der Waals surface area contributed by atoms with E-state index in [1.54, 1.807) is 35.4 Å². The highest BCUT2D eigenvalue weighted by Gasteiger charge is 2.30. The van der Waals surface area contributed by atoms with Crippen molar-refractivity contribution in [3.8, 4) is 0 Å².